The van der Waals surface area contributed by atoms with Gasteiger partial charge in [-0.25, -0.2) is 4.98 Å². The zero-order valence-electron chi connectivity index (χ0n) is 9.14. The van der Waals surface area contributed by atoms with E-state index in [1.54, 1.807) is 18.3 Å². The first kappa shape index (κ1) is 11.7. The highest BCUT2D eigenvalue weighted by Crippen LogP contribution is 2.18. The van der Waals surface area contributed by atoms with E-state index in [4.69, 9.17) is 0 Å². The van der Waals surface area contributed by atoms with Gasteiger partial charge in [-0.1, -0.05) is 22.0 Å². The first-order valence-corrected chi connectivity index (χ1v) is 5.79. The molecule has 1 aromatic carbocycles. The molecule has 0 aliphatic carbocycles. The lowest BCUT2D eigenvalue weighted by atomic mass is 10.1. The number of aromatic nitrogens is 2. The molecule has 1 heterocycles. The molecule has 0 fully saturated rings. The topological polar surface area (TPSA) is 54.9 Å². The van der Waals surface area contributed by atoms with Crippen LogP contribution < -0.4 is 5.32 Å². The average molecular weight is 292 g/mol. The van der Waals surface area contributed by atoms with E-state index in [1.165, 1.54) is 12.4 Å². The van der Waals surface area contributed by atoms with Crippen molar-refractivity contribution in [2.75, 3.05) is 5.32 Å². The van der Waals surface area contributed by atoms with Gasteiger partial charge in [-0.05, 0) is 24.6 Å². The number of carbonyl (C=O) groups excluding carboxylic acids is 1. The van der Waals surface area contributed by atoms with E-state index in [2.05, 4.69) is 31.2 Å². The number of nitrogens with zero attached hydrogens (tertiary/aromatic N) is 2. The molecule has 5 heteroatoms. The van der Waals surface area contributed by atoms with Crippen LogP contribution >= 0.6 is 15.9 Å². The Labute approximate surface area is 107 Å². The van der Waals surface area contributed by atoms with E-state index < -0.39 is 0 Å². The highest BCUT2D eigenvalue weighted by Gasteiger charge is 2.07. The number of carbonyl (C=O) groups is 1. The van der Waals surface area contributed by atoms with Crippen LogP contribution in [0.1, 0.15) is 15.9 Å². The van der Waals surface area contributed by atoms with Gasteiger partial charge in [0.1, 0.15) is 0 Å². The third kappa shape index (κ3) is 2.88. The fourth-order valence-corrected chi connectivity index (χ4v) is 1.67. The normalized spacial score (nSPS) is 10.0. The second-order valence-electron chi connectivity index (χ2n) is 3.51. The Bertz CT molecular complexity index is 543. The first-order chi connectivity index (χ1) is 8.16. The number of nitrogens with one attached hydrogen (secondary N) is 1. The quantitative estimate of drug-likeness (QED) is 0.926. The molecule has 4 nitrogen and oxygen atoms in total. The number of hydrogen-bond donors (Lipinski definition) is 1. The molecule has 0 aliphatic rings. The molecule has 86 valence electrons. The summed E-state index contributed by atoms with van der Waals surface area (Å²) in [5.41, 5.74) is 1.66. The summed E-state index contributed by atoms with van der Waals surface area (Å²) in [5, 5.41) is 2.67. The molecule has 0 atom stereocenters. The fourth-order valence-electron chi connectivity index (χ4n) is 1.29. The van der Waals surface area contributed by atoms with E-state index in [0.717, 1.165) is 10.0 Å². The van der Waals surface area contributed by atoms with Gasteiger partial charge in [0, 0.05) is 22.4 Å². The number of aryl methyl sites for hydroxylation is 1. The smallest absolute Gasteiger partial charge is 0.256 e. The van der Waals surface area contributed by atoms with Gasteiger partial charge in [0.15, 0.2) is 5.82 Å². The van der Waals surface area contributed by atoms with Crippen molar-refractivity contribution in [1.29, 1.82) is 0 Å². The number of amides is 1. The molecule has 2 aromatic rings. The number of anilines is 1. The third-order valence-electron chi connectivity index (χ3n) is 2.24. The van der Waals surface area contributed by atoms with Gasteiger partial charge in [-0.15, -0.1) is 0 Å². The van der Waals surface area contributed by atoms with Crippen LogP contribution in [0, 0.1) is 6.92 Å². The van der Waals surface area contributed by atoms with E-state index in [1.807, 2.05) is 13.0 Å². The van der Waals surface area contributed by atoms with Crippen molar-refractivity contribution in [2.24, 2.45) is 0 Å². The van der Waals surface area contributed by atoms with Gasteiger partial charge in [0.05, 0.1) is 6.20 Å². The molecule has 0 unspecified atom stereocenters. The van der Waals surface area contributed by atoms with E-state index in [-0.39, 0.29) is 5.91 Å². The summed E-state index contributed by atoms with van der Waals surface area (Å²) < 4.78 is 0.907. The number of halogens is 1. The predicted molar refractivity (Wildman–Crippen MR) is 68.9 cm³/mol. The Morgan fingerprint density at radius 1 is 1.35 bits per heavy atom. The summed E-state index contributed by atoms with van der Waals surface area (Å²) in [6.45, 7) is 1.97. The number of rotatable bonds is 2. The predicted octanol–water partition coefficient (Wildman–Crippen LogP) is 2.80. The Balaban J connectivity index is 2.18. The van der Waals surface area contributed by atoms with Crippen LogP contribution in [-0.2, 0) is 0 Å². The lowest BCUT2D eigenvalue weighted by molar-refractivity contribution is 0.102. The number of hydrogen-bond acceptors (Lipinski definition) is 3. The molecule has 1 aromatic heterocycles. The average Bonchev–Trinajstić information content (AvgIpc) is 2.34. The maximum atomic E-state index is 11.9. The highest BCUT2D eigenvalue weighted by molar-refractivity contribution is 9.10. The van der Waals surface area contributed by atoms with Crippen molar-refractivity contribution in [1.82, 2.24) is 9.97 Å². The summed E-state index contributed by atoms with van der Waals surface area (Å²) in [6.07, 6.45) is 4.58. The third-order valence-corrected chi connectivity index (χ3v) is 3.09. The van der Waals surface area contributed by atoms with Crippen molar-refractivity contribution in [3.63, 3.8) is 0 Å². The Kier molecular flexibility index (Phi) is 3.49. The lowest BCUT2D eigenvalue weighted by Crippen LogP contribution is -2.13. The molecule has 0 saturated carbocycles. The van der Waals surface area contributed by atoms with Gasteiger partial charge in [0.25, 0.3) is 5.91 Å². The minimum absolute atomic E-state index is 0.203. The monoisotopic (exact) mass is 291 g/mol. The summed E-state index contributed by atoms with van der Waals surface area (Å²) in [7, 11) is 0. The molecule has 2 rings (SSSR count). The number of benzene rings is 1. The van der Waals surface area contributed by atoms with E-state index >= 15 is 0 Å². The fraction of sp³-hybridized carbons (Fsp3) is 0.0833. The maximum Gasteiger partial charge on any atom is 0.256 e. The first-order valence-electron chi connectivity index (χ1n) is 5.00. The van der Waals surface area contributed by atoms with Crippen LogP contribution in [0.25, 0.3) is 0 Å². The molecule has 1 amide bonds. The summed E-state index contributed by atoms with van der Waals surface area (Å²) >= 11 is 3.39. The van der Waals surface area contributed by atoms with Crippen LogP contribution in [0.4, 0.5) is 5.82 Å². The van der Waals surface area contributed by atoms with Gasteiger partial charge in [-0.3, -0.25) is 9.78 Å². The van der Waals surface area contributed by atoms with Crippen molar-refractivity contribution in [3.05, 3.63) is 52.4 Å². The Morgan fingerprint density at radius 3 is 2.82 bits per heavy atom. The van der Waals surface area contributed by atoms with Crippen molar-refractivity contribution < 1.29 is 4.79 Å². The molecule has 1 N–H and O–H groups in total. The maximum absolute atomic E-state index is 11.9. The Hall–Kier alpha value is -1.75. The molecule has 17 heavy (non-hydrogen) atoms. The van der Waals surface area contributed by atoms with Crippen molar-refractivity contribution >= 4 is 27.7 Å². The molecule has 0 saturated heterocycles. The van der Waals surface area contributed by atoms with Crippen LogP contribution in [0.15, 0.2) is 41.3 Å². The van der Waals surface area contributed by atoms with Crippen LogP contribution in [0.3, 0.4) is 0 Å². The zero-order chi connectivity index (χ0) is 12.3. The van der Waals surface area contributed by atoms with E-state index in [9.17, 15) is 4.79 Å². The van der Waals surface area contributed by atoms with Crippen LogP contribution in [-0.4, -0.2) is 15.9 Å². The second-order valence-corrected chi connectivity index (χ2v) is 4.36. The second kappa shape index (κ2) is 5.05. The van der Waals surface area contributed by atoms with E-state index in [0.29, 0.717) is 11.4 Å². The highest BCUT2D eigenvalue weighted by atomic mass is 79.9. The van der Waals surface area contributed by atoms with Crippen molar-refractivity contribution in [3.8, 4) is 0 Å². The van der Waals surface area contributed by atoms with Gasteiger partial charge >= 0.3 is 0 Å². The van der Waals surface area contributed by atoms with Crippen LogP contribution in [0.2, 0.25) is 0 Å². The molecule has 0 aliphatic heterocycles. The SMILES string of the molecule is Cc1ccc(C(=O)Nc2cnccn2)cc1Br. The Morgan fingerprint density at radius 2 is 2.18 bits per heavy atom. The molecular weight excluding hydrogens is 282 g/mol. The van der Waals surface area contributed by atoms with Gasteiger partial charge in [-0.2, -0.15) is 0 Å². The molecular formula is C12H10BrN3O. The lowest BCUT2D eigenvalue weighted by Gasteiger charge is -2.05. The minimum Gasteiger partial charge on any atom is -0.305 e. The molecule has 0 bridgehead atoms. The standard InChI is InChI=1S/C12H10BrN3O/c1-8-2-3-9(6-10(8)13)12(17)16-11-7-14-4-5-15-11/h2-7H,1H3,(H,15,16,17). The summed E-state index contributed by atoms with van der Waals surface area (Å²) in [4.78, 5) is 19.7. The summed E-state index contributed by atoms with van der Waals surface area (Å²) in [5.74, 6) is 0.236. The largest absolute Gasteiger partial charge is 0.305 e. The van der Waals surface area contributed by atoms with Crippen LogP contribution in [0.5, 0.6) is 0 Å². The van der Waals surface area contributed by atoms with Crippen molar-refractivity contribution in [2.45, 2.75) is 6.92 Å². The zero-order valence-corrected chi connectivity index (χ0v) is 10.7. The molecule has 0 spiro atoms. The van der Waals surface area contributed by atoms with Gasteiger partial charge < -0.3 is 5.32 Å². The molecule has 0 radical (unpaired) electrons. The van der Waals surface area contributed by atoms with Gasteiger partial charge in [0.2, 0.25) is 0 Å². The minimum atomic E-state index is -0.203. The summed E-state index contributed by atoms with van der Waals surface area (Å²) in [6, 6.07) is 5.43.